The third kappa shape index (κ3) is 3.68. The van der Waals surface area contributed by atoms with Gasteiger partial charge in [-0.25, -0.2) is 0 Å². The van der Waals surface area contributed by atoms with Crippen LogP contribution in [0, 0.1) is 0 Å². The lowest BCUT2D eigenvalue weighted by Gasteiger charge is -2.11. The summed E-state index contributed by atoms with van der Waals surface area (Å²) in [5.41, 5.74) is 11.1. The van der Waals surface area contributed by atoms with Gasteiger partial charge in [0, 0.05) is 0 Å². The molecule has 100 valence electrons. The van der Waals surface area contributed by atoms with Crippen LogP contribution in [-0.4, -0.2) is 6.54 Å². The number of hydrogen-bond acceptors (Lipinski definition) is 1. The van der Waals surface area contributed by atoms with Crippen LogP contribution >= 0.6 is 0 Å². The monoisotopic (exact) mass is 253 g/mol. The summed E-state index contributed by atoms with van der Waals surface area (Å²) in [6.45, 7) is 3.01. The maximum atomic E-state index is 5.56. The summed E-state index contributed by atoms with van der Waals surface area (Å²) in [7, 11) is 0. The van der Waals surface area contributed by atoms with E-state index < -0.39 is 0 Å². The van der Waals surface area contributed by atoms with E-state index in [1.165, 1.54) is 28.7 Å². The highest BCUT2D eigenvalue weighted by molar-refractivity contribution is 5.68. The van der Waals surface area contributed by atoms with Gasteiger partial charge in [0.2, 0.25) is 0 Å². The average molecular weight is 253 g/mol. The lowest BCUT2D eigenvalue weighted by atomic mass is 9.94. The number of rotatable bonds is 6. The van der Waals surface area contributed by atoms with Crippen LogP contribution in [0.25, 0.3) is 11.1 Å². The third-order valence-corrected chi connectivity index (χ3v) is 3.56. The van der Waals surface area contributed by atoms with Crippen molar-refractivity contribution < 1.29 is 0 Å². The normalized spacial score (nSPS) is 10.6. The maximum absolute atomic E-state index is 5.56. The molecule has 2 rings (SSSR count). The Labute approximate surface area is 116 Å². The second kappa shape index (κ2) is 7.10. The van der Waals surface area contributed by atoms with Crippen molar-refractivity contribution in [2.75, 3.05) is 6.54 Å². The fourth-order valence-electron chi connectivity index (χ4n) is 2.45. The molecule has 0 saturated heterocycles. The van der Waals surface area contributed by atoms with Crippen molar-refractivity contribution in [1.29, 1.82) is 0 Å². The van der Waals surface area contributed by atoms with Gasteiger partial charge in [-0.3, -0.25) is 0 Å². The summed E-state index contributed by atoms with van der Waals surface area (Å²) >= 11 is 0. The predicted octanol–water partition coefficient (Wildman–Crippen LogP) is 4.20. The zero-order chi connectivity index (χ0) is 13.5. The largest absolute Gasteiger partial charge is 0.330 e. The van der Waals surface area contributed by atoms with Crippen LogP contribution in [0.3, 0.4) is 0 Å². The van der Waals surface area contributed by atoms with Gasteiger partial charge in [-0.05, 0) is 54.5 Å². The zero-order valence-electron chi connectivity index (χ0n) is 11.7. The van der Waals surface area contributed by atoms with E-state index in [9.17, 15) is 0 Å². The molecule has 0 aromatic heterocycles. The second-order valence-electron chi connectivity index (χ2n) is 4.96. The van der Waals surface area contributed by atoms with Gasteiger partial charge in [-0.15, -0.1) is 0 Å². The Kier molecular flexibility index (Phi) is 5.17. The predicted molar refractivity (Wildman–Crippen MR) is 83.2 cm³/mol. The summed E-state index contributed by atoms with van der Waals surface area (Å²) in [6, 6.07) is 17.6. The van der Waals surface area contributed by atoms with Crippen LogP contribution in [0.5, 0.6) is 0 Å². The van der Waals surface area contributed by atoms with E-state index in [-0.39, 0.29) is 0 Å². The Bertz CT molecular complexity index is 502. The highest BCUT2D eigenvalue weighted by Crippen LogP contribution is 2.26. The Morgan fingerprint density at radius 3 is 2.42 bits per heavy atom. The minimum Gasteiger partial charge on any atom is -0.330 e. The lowest BCUT2D eigenvalue weighted by Crippen LogP contribution is -1.99. The van der Waals surface area contributed by atoms with E-state index in [1.807, 2.05) is 0 Å². The number of hydrogen-bond donors (Lipinski definition) is 1. The van der Waals surface area contributed by atoms with Crippen LogP contribution in [0.4, 0.5) is 0 Å². The highest BCUT2D eigenvalue weighted by Gasteiger charge is 2.05. The SMILES string of the molecule is CCc1ccc(CCCCN)cc1-c1ccccc1. The van der Waals surface area contributed by atoms with Gasteiger partial charge in [0.25, 0.3) is 0 Å². The second-order valence-corrected chi connectivity index (χ2v) is 4.96. The van der Waals surface area contributed by atoms with Gasteiger partial charge >= 0.3 is 0 Å². The molecular formula is C18H23N. The van der Waals surface area contributed by atoms with Crippen molar-refractivity contribution in [2.24, 2.45) is 5.73 Å². The Hall–Kier alpha value is -1.60. The first kappa shape index (κ1) is 13.8. The van der Waals surface area contributed by atoms with Crippen molar-refractivity contribution in [3.63, 3.8) is 0 Å². The number of nitrogens with two attached hydrogens (primary N) is 1. The molecule has 0 aliphatic carbocycles. The molecule has 0 aliphatic heterocycles. The maximum Gasteiger partial charge on any atom is -0.00772 e. The first-order valence-electron chi connectivity index (χ1n) is 7.22. The third-order valence-electron chi connectivity index (χ3n) is 3.56. The van der Waals surface area contributed by atoms with Gasteiger partial charge < -0.3 is 5.73 Å². The molecule has 1 nitrogen and oxygen atoms in total. The first-order chi connectivity index (χ1) is 9.35. The summed E-state index contributed by atoms with van der Waals surface area (Å²) in [4.78, 5) is 0. The summed E-state index contributed by atoms with van der Waals surface area (Å²) in [6.07, 6.45) is 4.49. The fourth-order valence-corrected chi connectivity index (χ4v) is 2.45. The smallest absolute Gasteiger partial charge is 0.00772 e. The molecule has 0 bridgehead atoms. The van der Waals surface area contributed by atoms with E-state index in [2.05, 4.69) is 55.5 Å². The van der Waals surface area contributed by atoms with Crippen molar-refractivity contribution in [1.82, 2.24) is 0 Å². The van der Waals surface area contributed by atoms with Crippen LogP contribution < -0.4 is 5.73 Å². The summed E-state index contributed by atoms with van der Waals surface area (Å²) < 4.78 is 0. The average Bonchev–Trinajstić information content (AvgIpc) is 2.48. The molecule has 0 heterocycles. The molecule has 0 unspecified atom stereocenters. The molecule has 0 radical (unpaired) electrons. The minimum atomic E-state index is 0.790. The van der Waals surface area contributed by atoms with Gasteiger partial charge in [0.05, 0.1) is 0 Å². The van der Waals surface area contributed by atoms with Crippen molar-refractivity contribution >= 4 is 0 Å². The molecule has 0 atom stereocenters. The summed E-state index contributed by atoms with van der Waals surface area (Å²) in [5, 5.41) is 0. The van der Waals surface area contributed by atoms with Gasteiger partial charge in [-0.1, -0.05) is 55.5 Å². The van der Waals surface area contributed by atoms with Gasteiger partial charge in [0.1, 0.15) is 0 Å². The molecular weight excluding hydrogens is 230 g/mol. The standard InChI is InChI=1S/C18H23N/c1-2-16-12-11-15(8-6-7-13-19)14-18(16)17-9-4-3-5-10-17/h3-5,9-12,14H,2,6-8,13,19H2,1H3. The van der Waals surface area contributed by atoms with E-state index in [4.69, 9.17) is 5.73 Å². The molecule has 0 amide bonds. The van der Waals surface area contributed by atoms with E-state index in [0.29, 0.717) is 0 Å². The molecule has 1 heteroatoms. The van der Waals surface area contributed by atoms with Gasteiger partial charge in [-0.2, -0.15) is 0 Å². The quantitative estimate of drug-likeness (QED) is 0.767. The van der Waals surface area contributed by atoms with Crippen LogP contribution in [0.15, 0.2) is 48.5 Å². The molecule has 19 heavy (non-hydrogen) atoms. The number of unbranched alkanes of at least 4 members (excludes halogenated alkanes) is 1. The first-order valence-corrected chi connectivity index (χ1v) is 7.22. The molecule has 2 N–H and O–H groups in total. The van der Waals surface area contributed by atoms with E-state index >= 15 is 0 Å². The van der Waals surface area contributed by atoms with Crippen molar-refractivity contribution in [3.05, 3.63) is 59.7 Å². The van der Waals surface area contributed by atoms with Crippen LogP contribution in [0.2, 0.25) is 0 Å². The lowest BCUT2D eigenvalue weighted by molar-refractivity contribution is 0.745. The molecule has 2 aromatic rings. The molecule has 0 spiro atoms. The molecule has 0 saturated carbocycles. The Morgan fingerprint density at radius 2 is 1.74 bits per heavy atom. The van der Waals surface area contributed by atoms with Gasteiger partial charge in [0.15, 0.2) is 0 Å². The van der Waals surface area contributed by atoms with E-state index in [0.717, 1.165) is 25.8 Å². The topological polar surface area (TPSA) is 26.0 Å². The Morgan fingerprint density at radius 1 is 0.947 bits per heavy atom. The highest BCUT2D eigenvalue weighted by atomic mass is 14.5. The molecule has 2 aromatic carbocycles. The zero-order valence-corrected chi connectivity index (χ0v) is 11.7. The molecule has 0 fully saturated rings. The summed E-state index contributed by atoms with van der Waals surface area (Å²) in [5.74, 6) is 0. The fraction of sp³-hybridized carbons (Fsp3) is 0.333. The Balaban J connectivity index is 2.27. The van der Waals surface area contributed by atoms with Crippen molar-refractivity contribution in [2.45, 2.75) is 32.6 Å². The minimum absolute atomic E-state index is 0.790. The number of benzene rings is 2. The number of aryl methyl sites for hydroxylation is 2. The van der Waals surface area contributed by atoms with Crippen molar-refractivity contribution in [3.8, 4) is 11.1 Å². The van der Waals surface area contributed by atoms with E-state index in [1.54, 1.807) is 0 Å². The van der Waals surface area contributed by atoms with Crippen LogP contribution in [0.1, 0.15) is 30.9 Å². The van der Waals surface area contributed by atoms with Crippen LogP contribution in [-0.2, 0) is 12.8 Å². The molecule has 0 aliphatic rings.